The van der Waals surface area contributed by atoms with Gasteiger partial charge in [0.2, 0.25) is 0 Å². The molecule has 0 aliphatic carbocycles. The number of ether oxygens (including phenoxy) is 2. The number of ketones is 1. The topological polar surface area (TPSA) is 48.7 Å². The van der Waals surface area contributed by atoms with Gasteiger partial charge in [0.05, 0.1) is 17.1 Å². The summed E-state index contributed by atoms with van der Waals surface area (Å²) in [5.74, 6) is 2.39. The summed E-state index contributed by atoms with van der Waals surface area (Å²) in [5, 5.41) is 0. The number of carbonyl (C=O) groups is 1. The third-order valence-corrected chi connectivity index (χ3v) is 4.32. The second kappa shape index (κ2) is 8.54. The zero-order valence-electron chi connectivity index (χ0n) is 14.1. The molecule has 4 nitrogen and oxygen atoms in total. The minimum absolute atomic E-state index is 0.148. The van der Waals surface area contributed by atoms with Gasteiger partial charge in [-0.15, -0.1) is 0 Å². The molecule has 0 amide bonds. The summed E-state index contributed by atoms with van der Waals surface area (Å²) in [6, 6.07) is 18.3. The largest absolute Gasteiger partial charge is 0.496 e. The van der Waals surface area contributed by atoms with Crippen LogP contribution >= 0.6 is 15.9 Å². The van der Waals surface area contributed by atoms with Crippen LogP contribution in [0.2, 0.25) is 0 Å². The highest BCUT2D eigenvalue weighted by Crippen LogP contribution is 2.25. The second-order valence-corrected chi connectivity index (χ2v) is 6.28. The molecule has 0 N–H and O–H groups in total. The normalized spacial score (nSPS) is 10.8. The highest BCUT2D eigenvalue weighted by atomic mass is 79.9. The van der Waals surface area contributed by atoms with E-state index >= 15 is 0 Å². The fourth-order valence-corrected chi connectivity index (χ4v) is 2.77. The molecule has 0 aliphatic rings. The molecule has 0 atom stereocenters. The predicted octanol–water partition coefficient (Wildman–Crippen LogP) is 5.53. The first-order valence-corrected chi connectivity index (χ1v) is 8.78. The van der Waals surface area contributed by atoms with Crippen LogP contribution in [0.5, 0.6) is 11.5 Å². The Morgan fingerprint density at radius 3 is 2.54 bits per heavy atom. The van der Waals surface area contributed by atoms with Gasteiger partial charge in [-0.1, -0.05) is 24.3 Å². The van der Waals surface area contributed by atoms with E-state index in [1.807, 2.05) is 36.4 Å². The molecule has 5 heteroatoms. The molecule has 26 heavy (non-hydrogen) atoms. The first kappa shape index (κ1) is 18.0. The van der Waals surface area contributed by atoms with Crippen LogP contribution in [-0.2, 0) is 6.61 Å². The minimum atomic E-state index is -0.148. The van der Waals surface area contributed by atoms with Crippen LogP contribution in [0.3, 0.4) is 0 Å². The Morgan fingerprint density at radius 1 is 1.04 bits per heavy atom. The zero-order chi connectivity index (χ0) is 18.4. The van der Waals surface area contributed by atoms with Crippen molar-refractivity contribution in [3.8, 4) is 11.5 Å². The van der Waals surface area contributed by atoms with E-state index in [0.29, 0.717) is 29.4 Å². The molecular weight excluding hydrogens is 396 g/mol. The Labute approximate surface area is 160 Å². The molecule has 1 heterocycles. The summed E-state index contributed by atoms with van der Waals surface area (Å²) in [6.07, 6.45) is 3.10. The monoisotopic (exact) mass is 412 g/mol. The molecule has 0 fully saturated rings. The summed E-state index contributed by atoms with van der Waals surface area (Å²) in [4.78, 5) is 12.3. The first-order chi connectivity index (χ1) is 12.7. The van der Waals surface area contributed by atoms with Gasteiger partial charge in [0, 0.05) is 0 Å². The number of rotatable bonds is 7. The van der Waals surface area contributed by atoms with Crippen molar-refractivity contribution < 1.29 is 18.7 Å². The average molecular weight is 413 g/mol. The number of hydrogen-bond donors (Lipinski definition) is 0. The summed E-state index contributed by atoms with van der Waals surface area (Å²) in [6.45, 7) is 0.302. The Balaban J connectivity index is 1.64. The average Bonchev–Trinajstić information content (AvgIpc) is 3.13. The molecule has 0 saturated heterocycles. The highest BCUT2D eigenvalue weighted by Gasteiger charge is 2.09. The van der Waals surface area contributed by atoms with Crippen molar-refractivity contribution in [3.05, 3.63) is 88.3 Å². The van der Waals surface area contributed by atoms with Gasteiger partial charge >= 0.3 is 0 Å². The smallest absolute Gasteiger partial charge is 0.189 e. The van der Waals surface area contributed by atoms with Gasteiger partial charge in [-0.3, -0.25) is 4.79 Å². The molecule has 3 rings (SSSR count). The summed E-state index contributed by atoms with van der Waals surface area (Å²) >= 11 is 3.44. The minimum Gasteiger partial charge on any atom is -0.496 e. The second-order valence-electron chi connectivity index (χ2n) is 5.42. The fourth-order valence-electron chi connectivity index (χ4n) is 2.37. The van der Waals surface area contributed by atoms with Crippen molar-refractivity contribution in [2.45, 2.75) is 6.61 Å². The maximum absolute atomic E-state index is 12.3. The van der Waals surface area contributed by atoms with Gasteiger partial charge in [0.15, 0.2) is 5.78 Å². The van der Waals surface area contributed by atoms with Gasteiger partial charge in [-0.25, -0.2) is 0 Å². The number of para-hydroxylation sites is 2. The molecule has 132 valence electrons. The van der Waals surface area contributed by atoms with E-state index in [0.717, 1.165) is 10.2 Å². The molecule has 2 aromatic carbocycles. The number of methoxy groups -OCH3 is 1. The molecule has 0 aliphatic heterocycles. The Bertz CT molecular complexity index is 927. The van der Waals surface area contributed by atoms with Gasteiger partial charge in [-0.2, -0.15) is 0 Å². The lowest BCUT2D eigenvalue weighted by Gasteiger charge is -2.05. The van der Waals surface area contributed by atoms with Crippen LogP contribution in [-0.4, -0.2) is 12.9 Å². The number of benzene rings is 2. The van der Waals surface area contributed by atoms with E-state index in [4.69, 9.17) is 13.9 Å². The zero-order valence-corrected chi connectivity index (χ0v) is 15.7. The van der Waals surface area contributed by atoms with E-state index in [1.54, 1.807) is 37.5 Å². The molecule has 0 saturated carbocycles. The van der Waals surface area contributed by atoms with Gasteiger partial charge in [-0.05, 0) is 64.5 Å². The number of halogens is 1. The molecule has 1 aromatic heterocycles. The van der Waals surface area contributed by atoms with Gasteiger partial charge in [0.25, 0.3) is 0 Å². The van der Waals surface area contributed by atoms with Crippen LogP contribution < -0.4 is 9.47 Å². The lowest BCUT2D eigenvalue weighted by Crippen LogP contribution is -1.98. The van der Waals surface area contributed by atoms with Crippen molar-refractivity contribution in [2.75, 3.05) is 7.11 Å². The summed E-state index contributed by atoms with van der Waals surface area (Å²) in [5.41, 5.74) is 0.510. The fraction of sp³-hybridized carbons (Fsp3) is 0.0952. The maximum Gasteiger partial charge on any atom is 0.189 e. The van der Waals surface area contributed by atoms with Gasteiger partial charge < -0.3 is 13.9 Å². The van der Waals surface area contributed by atoms with Crippen LogP contribution in [0.4, 0.5) is 0 Å². The predicted molar refractivity (Wildman–Crippen MR) is 104 cm³/mol. The quantitative estimate of drug-likeness (QED) is 0.378. The van der Waals surface area contributed by atoms with Crippen molar-refractivity contribution >= 4 is 27.8 Å². The van der Waals surface area contributed by atoms with E-state index in [1.165, 1.54) is 6.08 Å². The first-order valence-electron chi connectivity index (χ1n) is 7.99. The summed E-state index contributed by atoms with van der Waals surface area (Å²) < 4.78 is 17.5. The standard InChI is InChI=1S/C21H17BrO4/c1-24-20-8-4-2-6-17(20)19(23)13-12-15-10-11-16(26-15)14-25-21-9-5-3-7-18(21)22/h2-13H,14H2,1H3/b13-12+. The highest BCUT2D eigenvalue weighted by molar-refractivity contribution is 9.10. The lowest BCUT2D eigenvalue weighted by atomic mass is 10.1. The van der Waals surface area contributed by atoms with Crippen molar-refractivity contribution in [2.24, 2.45) is 0 Å². The van der Waals surface area contributed by atoms with E-state index in [-0.39, 0.29) is 5.78 Å². The Morgan fingerprint density at radius 2 is 1.77 bits per heavy atom. The molecule has 0 spiro atoms. The Kier molecular flexibility index (Phi) is 5.92. The summed E-state index contributed by atoms with van der Waals surface area (Å²) in [7, 11) is 1.54. The van der Waals surface area contributed by atoms with Crippen molar-refractivity contribution in [1.82, 2.24) is 0 Å². The molecular formula is C21H17BrO4. The van der Waals surface area contributed by atoms with Crippen LogP contribution in [0.1, 0.15) is 21.9 Å². The maximum atomic E-state index is 12.3. The lowest BCUT2D eigenvalue weighted by molar-refractivity contribution is 0.104. The van der Waals surface area contributed by atoms with Crippen LogP contribution in [0.15, 0.2) is 75.6 Å². The van der Waals surface area contributed by atoms with Crippen molar-refractivity contribution in [3.63, 3.8) is 0 Å². The van der Waals surface area contributed by atoms with Gasteiger partial charge in [0.1, 0.15) is 29.6 Å². The van der Waals surface area contributed by atoms with Crippen LogP contribution in [0.25, 0.3) is 6.08 Å². The van der Waals surface area contributed by atoms with Crippen LogP contribution in [0, 0.1) is 0 Å². The number of hydrogen-bond acceptors (Lipinski definition) is 4. The molecule has 3 aromatic rings. The van der Waals surface area contributed by atoms with E-state index in [2.05, 4.69) is 15.9 Å². The SMILES string of the molecule is COc1ccccc1C(=O)/C=C/c1ccc(COc2ccccc2Br)o1. The third kappa shape index (κ3) is 4.43. The van der Waals surface area contributed by atoms with E-state index in [9.17, 15) is 4.79 Å². The number of furan rings is 1. The molecule has 0 bridgehead atoms. The Hall–Kier alpha value is -2.79. The third-order valence-electron chi connectivity index (χ3n) is 3.66. The molecule has 0 radical (unpaired) electrons. The van der Waals surface area contributed by atoms with E-state index < -0.39 is 0 Å². The molecule has 0 unspecified atom stereocenters. The van der Waals surface area contributed by atoms with Crippen molar-refractivity contribution in [1.29, 1.82) is 0 Å². The number of carbonyl (C=O) groups excluding carboxylic acids is 1. The number of allylic oxidation sites excluding steroid dienone is 1.